The summed E-state index contributed by atoms with van der Waals surface area (Å²) in [5, 5.41) is 3.64. The molecule has 138 valence electrons. The fourth-order valence-electron chi connectivity index (χ4n) is 3.84. The van der Waals surface area contributed by atoms with Gasteiger partial charge in [0.25, 0.3) is 0 Å². The second kappa shape index (κ2) is 7.60. The van der Waals surface area contributed by atoms with Crippen LogP contribution in [0.3, 0.4) is 0 Å². The second-order valence-electron chi connectivity index (χ2n) is 7.16. The van der Waals surface area contributed by atoms with Crippen LogP contribution < -0.4 is 5.32 Å². The van der Waals surface area contributed by atoms with E-state index in [-0.39, 0.29) is 12.0 Å². The summed E-state index contributed by atoms with van der Waals surface area (Å²) in [4.78, 5) is 17.9. The molecule has 2 aliphatic rings. The summed E-state index contributed by atoms with van der Waals surface area (Å²) in [7, 11) is 0. The molecule has 1 atom stereocenters. The van der Waals surface area contributed by atoms with Crippen molar-refractivity contribution in [2.24, 2.45) is 0 Å². The SMILES string of the molecule is CC(=O)N1CCC(NC[C@H]2Cn3c(-c4ccccc4)cnc3CO2)CC1. The quantitative estimate of drug-likeness (QED) is 0.913. The molecule has 1 fully saturated rings. The average Bonchev–Trinajstić information content (AvgIpc) is 3.10. The van der Waals surface area contributed by atoms with Crippen LogP contribution in [0.25, 0.3) is 11.3 Å². The van der Waals surface area contributed by atoms with Gasteiger partial charge in [-0.05, 0) is 18.4 Å². The molecular weight excluding hydrogens is 328 g/mol. The van der Waals surface area contributed by atoms with Crippen molar-refractivity contribution in [3.05, 3.63) is 42.4 Å². The van der Waals surface area contributed by atoms with E-state index in [1.54, 1.807) is 6.92 Å². The number of benzene rings is 1. The second-order valence-corrected chi connectivity index (χ2v) is 7.16. The third kappa shape index (κ3) is 3.66. The third-order valence-electron chi connectivity index (χ3n) is 5.42. The molecule has 1 aromatic heterocycles. The average molecular weight is 354 g/mol. The third-order valence-corrected chi connectivity index (χ3v) is 5.42. The molecule has 26 heavy (non-hydrogen) atoms. The van der Waals surface area contributed by atoms with Gasteiger partial charge in [-0.1, -0.05) is 30.3 Å². The molecule has 1 aromatic carbocycles. The smallest absolute Gasteiger partial charge is 0.219 e. The van der Waals surface area contributed by atoms with Gasteiger partial charge < -0.3 is 19.5 Å². The summed E-state index contributed by atoms with van der Waals surface area (Å²) in [6, 6.07) is 10.9. The van der Waals surface area contributed by atoms with Crippen LogP contribution in [0.1, 0.15) is 25.6 Å². The standard InChI is InChI=1S/C20H26N4O2/c1-15(25)23-9-7-17(8-10-23)21-11-18-13-24-19(12-22-20(24)14-26-18)16-5-3-2-4-6-16/h2-6,12,17-18,21H,7-11,13-14H2,1H3/t18-/m0/s1. The van der Waals surface area contributed by atoms with Crippen LogP contribution in [0.5, 0.6) is 0 Å². The van der Waals surface area contributed by atoms with Crippen LogP contribution in [0.4, 0.5) is 0 Å². The highest BCUT2D eigenvalue weighted by Gasteiger charge is 2.25. The van der Waals surface area contributed by atoms with Gasteiger partial charge in [-0.25, -0.2) is 4.98 Å². The van der Waals surface area contributed by atoms with Gasteiger partial charge in [0.05, 0.1) is 24.5 Å². The summed E-state index contributed by atoms with van der Waals surface area (Å²) >= 11 is 0. The number of fused-ring (bicyclic) bond motifs is 1. The number of aromatic nitrogens is 2. The molecule has 0 saturated carbocycles. The number of likely N-dealkylation sites (tertiary alicyclic amines) is 1. The summed E-state index contributed by atoms with van der Waals surface area (Å²) in [5.74, 6) is 1.18. The van der Waals surface area contributed by atoms with Gasteiger partial charge in [-0.3, -0.25) is 4.79 Å². The Labute approximate surface area is 154 Å². The van der Waals surface area contributed by atoms with Crippen LogP contribution in [0.2, 0.25) is 0 Å². The van der Waals surface area contributed by atoms with Gasteiger partial charge in [-0.2, -0.15) is 0 Å². The normalized spacial score (nSPS) is 20.8. The summed E-state index contributed by atoms with van der Waals surface area (Å²) in [5.41, 5.74) is 2.35. The number of carbonyl (C=O) groups excluding carboxylic acids is 1. The van der Waals surface area contributed by atoms with Crippen molar-refractivity contribution in [1.82, 2.24) is 19.8 Å². The Balaban J connectivity index is 1.34. The van der Waals surface area contributed by atoms with Crippen LogP contribution in [0.15, 0.2) is 36.5 Å². The molecule has 6 nitrogen and oxygen atoms in total. The van der Waals surface area contributed by atoms with Crippen molar-refractivity contribution in [2.75, 3.05) is 19.6 Å². The zero-order valence-corrected chi connectivity index (χ0v) is 15.2. The van der Waals surface area contributed by atoms with E-state index in [0.717, 1.165) is 50.5 Å². The van der Waals surface area contributed by atoms with E-state index in [4.69, 9.17) is 4.74 Å². The highest BCUT2D eigenvalue weighted by molar-refractivity contribution is 5.73. The Bertz CT molecular complexity index is 750. The minimum Gasteiger partial charge on any atom is -0.367 e. The molecule has 1 amide bonds. The van der Waals surface area contributed by atoms with Crippen molar-refractivity contribution >= 4 is 5.91 Å². The lowest BCUT2D eigenvalue weighted by Gasteiger charge is -2.33. The number of ether oxygens (including phenoxy) is 1. The van der Waals surface area contributed by atoms with Crippen molar-refractivity contribution in [3.8, 4) is 11.3 Å². The van der Waals surface area contributed by atoms with E-state index in [2.05, 4.69) is 39.1 Å². The fraction of sp³-hybridized carbons (Fsp3) is 0.500. The van der Waals surface area contributed by atoms with Gasteiger partial charge in [0, 0.05) is 32.6 Å². The highest BCUT2D eigenvalue weighted by atomic mass is 16.5. The van der Waals surface area contributed by atoms with E-state index >= 15 is 0 Å². The maximum Gasteiger partial charge on any atom is 0.219 e. The Morgan fingerprint density at radius 1 is 1.27 bits per heavy atom. The molecule has 4 rings (SSSR count). The largest absolute Gasteiger partial charge is 0.367 e. The first-order valence-electron chi connectivity index (χ1n) is 9.41. The van der Waals surface area contributed by atoms with Crippen molar-refractivity contribution in [2.45, 2.75) is 45.1 Å². The highest BCUT2D eigenvalue weighted by Crippen LogP contribution is 2.24. The Hall–Kier alpha value is -2.18. The van der Waals surface area contributed by atoms with Gasteiger partial charge in [0.1, 0.15) is 12.4 Å². The van der Waals surface area contributed by atoms with Crippen molar-refractivity contribution in [3.63, 3.8) is 0 Å². The lowest BCUT2D eigenvalue weighted by Crippen LogP contribution is -2.47. The number of imidazole rings is 1. The van der Waals surface area contributed by atoms with Crippen LogP contribution in [-0.4, -0.2) is 52.1 Å². The Morgan fingerprint density at radius 3 is 2.77 bits per heavy atom. The number of nitrogens with zero attached hydrogens (tertiary/aromatic N) is 3. The lowest BCUT2D eigenvalue weighted by molar-refractivity contribution is -0.129. The number of nitrogens with one attached hydrogen (secondary N) is 1. The Kier molecular flexibility index (Phi) is 5.04. The Morgan fingerprint density at radius 2 is 2.04 bits per heavy atom. The first kappa shape index (κ1) is 17.2. The fourth-order valence-corrected chi connectivity index (χ4v) is 3.84. The summed E-state index contributed by atoms with van der Waals surface area (Å²) in [6.45, 7) is 5.55. The number of carbonyl (C=O) groups is 1. The maximum absolute atomic E-state index is 11.4. The minimum atomic E-state index is 0.144. The first-order valence-corrected chi connectivity index (χ1v) is 9.41. The molecule has 2 aliphatic heterocycles. The predicted molar refractivity (Wildman–Crippen MR) is 99.5 cm³/mol. The minimum absolute atomic E-state index is 0.144. The van der Waals surface area contributed by atoms with Crippen LogP contribution in [-0.2, 0) is 22.7 Å². The molecule has 0 aliphatic carbocycles. The zero-order chi connectivity index (χ0) is 17.9. The molecule has 6 heteroatoms. The number of hydrogen-bond acceptors (Lipinski definition) is 4. The molecule has 2 aromatic rings. The topological polar surface area (TPSA) is 59.4 Å². The monoisotopic (exact) mass is 354 g/mol. The number of amides is 1. The molecule has 0 spiro atoms. The lowest BCUT2D eigenvalue weighted by atomic mass is 10.0. The molecule has 3 heterocycles. The van der Waals surface area contributed by atoms with Crippen LogP contribution >= 0.6 is 0 Å². The van der Waals surface area contributed by atoms with Crippen molar-refractivity contribution < 1.29 is 9.53 Å². The van der Waals surface area contributed by atoms with E-state index in [1.165, 1.54) is 5.56 Å². The summed E-state index contributed by atoms with van der Waals surface area (Å²) in [6.07, 6.45) is 4.11. The van der Waals surface area contributed by atoms with Gasteiger partial charge >= 0.3 is 0 Å². The predicted octanol–water partition coefficient (Wildman–Crippen LogP) is 2.05. The molecule has 0 radical (unpaired) electrons. The van der Waals surface area contributed by atoms with E-state index in [9.17, 15) is 4.79 Å². The van der Waals surface area contributed by atoms with Gasteiger partial charge in [0.15, 0.2) is 0 Å². The van der Waals surface area contributed by atoms with Gasteiger partial charge in [0.2, 0.25) is 5.91 Å². The van der Waals surface area contributed by atoms with Crippen molar-refractivity contribution in [1.29, 1.82) is 0 Å². The van der Waals surface area contributed by atoms with E-state index in [1.807, 2.05) is 17.2 Å². The van der Waals surface area contributed by atoms with Crippen LogP contribution in [0, 0.1) is 0 Å². The number of piperidine rings is 1. The molecule has 1 saturated heterocycles. The first-order chi connectivity index (χ1) is 12.7. The van der Waals surface area contributed by atoms with E-state index in [0.29, 0.717) is 12.6 Å². The molecular formula is C20H26N4O2. The number of rotatable bonds is 4. The zero-order valence-electron chi connectivity index (χ0n) is 15.2. The summed E-state index contributed by atoms with van der Waals surface area (Å²) < 4.78 is 8.27. The molecule has 0 bridgehead atoms. The van der Waals surface area contributed by atoms with Gasteiger partial charge in [-0.15, -0.1) is 0 Å². The van der Waals surface area contributed by atoms with E-state index < -0.39 is 0 Å². The molecule has 0 unspecified atom stereocenters. The maximum atomic E-state index is 11.4. The molecule has 1 N–H and O–H groups in total. The number of hydrogen-bond donors (Lipinski definition) is 1.